The Balaban J connectivity index is 2.93. The summed E-state index contributed by atoms with van der Waals surface area (Å²) in [4.78, 5) is 0. The van der Waals surface area contributed by atoms with Crippen molar-refractivity contribution in [2.45, 2.75) is 158 Å². The van der Waals surface area contributed by atoms with Gasteiger partial charge in [0.05, 0.1) is 0 Å². The molecule has 0 aromatic heterocycles. The number of hydrogen-bond donors (Lipinski definition) is 2. The maximum Gasteiger partial charge on any atom is 0.123 e. The zero-order valence-electron chi connectivity index (χ0n) is 29.2. The van der Waals surface area contributed by atoms with Gasteiger partial charge in [-0.1, -0.05) is 142 Å². The fraction of sp³-hybridized carbons (Fsp3) is 0.684. The summed E-state index contributed by atoms with van der Waals surface area (Å²) < 4.78 is 0. The van der Waals surface area contributed by atoms with Gasteiger partial charge in [-0.15, -0.1) is 0 Å². The lowest BCUT2D eigenvalue weighted by molar-refractivity contribution is 0.277. The van der Waals surface area contributed by atoms with Crippen LogP contribution in [0.2, 0.25) is 0 Å². The summed E-state index contributed by atoms with van der Waals surface area (Å²) in [5, 5.41) is 23.9. The van der Waals surface area contributed by atoms with Crippen LogP contribution < -0.4 is 0 Å². The molecular weight excluding hydrogens is 488 g/mol. The standard InChI is InChI=1S/C38H62O2/c1-24(27-18-25(35(8,9)10)20-29(31(27)39)37(14,15)22-33(2,3)4)28-19-26(36(11,12)13)21-30(32(28)40)38(16,17)23-34(5,6)7/h18-21,24,39-40H,22-23H2,1-17H3. The molecule has 0 fully saturated rings. The van der Waals surface area contributed by atoms with E-state index in [1.165, 1.54) is 11.1 Å². The predicted molar refractivity (Wildman–Crippen MR) is 175 cm³/mol. The smallest absolute Gasteiger partial charge is 0.123 e. The third kappa shape index (κ3) is 8.07. The van der Waals surface area contributed by atoms with Crippen LogP contribution >= 0.6 is 0 Å². The third-order valence-corrected chi connectivity index (χ3v) is 8.35. The van der Waals surface area contributed by atoms with Crippen molar-refractivity contribution >= 4 is 0 Å². The van der Waals surface area contributed by atoms with E-state index < -0.39 is 0 Å². The van der Waals surface area contributed by atoms with Crippen molar-refractivity contribution in [3.8, 4) is 11.5 Å². The quantitative estimate of drug-likeness (QED) is 0.375. The highest BCUT2D eigenvalue weighted by molar-refractivity contribution is 5.57. The first-order chi connectivity index (χ1) is 17.6. The van der Waals surface area contributed by atoms with Gasteiger partial charge in [0.25, 0.3) is 0 Å². The van der Waals surface area contributed by atoms with Crippen molar-refractivity contribution in [2.24, 2.45) is 10.8 Å². The molecule has 2 rings (SSSR count). The summed E-state index contributed by atoms with van der Waals surface area (Å²) >= 11 is 0. The zero-order valence-corrected chi connectivity index (χ0v) is 29.2. The molecule has 2 aromatic rings. The minimum atomic E-state index is -0.215. The lowest BCUT2D eigenvalue weighted by atomic mass is 9.68. The van der Waals surface area contributed by atoms with Crippen LogP contribution in [0.25, 0.3) is 0 Å². The Hall–Kier alpha value is -1.96. The van der Waals surface area contributed by atoms with Gasteiger partial charge in [-0.25, -0.2) is 0 Å². The SMILES string of the molecule is CC(c1cc(C(C)(C)C)cc(C(C)(C)CC(C)(C)C)c1O)c1cc(C(C)(C)C)cc(C(C)(C)CC(C)(C)C)c1O. The zero-order chi connectivity index (χ0) is 31.4. The Morgan fingerprint density at radius 3 is 1.00 bits per heavy atom. The van der Waals surface area contributed by atoms with E-state index in [2.05, 4.69) is 142 Å². The lowest BCUT2D eigenvalue weighted by Crippen LogP contribution is -2.27. The number of phenolic OH excluding ortho intramolecular Hbond substituents is 2. The Morgan fingerprint density at radius 1 is 0.500 bits per heavy atom. The highest BCUT2D eigenvalue weighted by Crippen LogP contribution is 2.49. The molecule has 0 aliphatic rings. The summed E-state index contributed by atoms with van der Waals surface area (Å²) in [7, 11) is 0. The second-order valence-electron chi connectivity index (χ2n) is 18.4. The Bertz CT molecular complexity index is 1100. The first-order valence-electron chi connectivity index (χ1n) is 15.3. The summed E-state index contributed by atoms with van der Waals surface area (Å²) in [6.45, 7) is 38.1. The molecule has 2 heteroatoms. The predicted octanol–water partition coefficient (Wildman–Crippen LogP) is 11.3. The van der Waals surface area contributed by atoms with Crippen LogP contribution in [0.1, 0.15) is 170 Å². The minimum absolute atomic E-state index is 0.0795. The number of aromatic hydroxyl groups is 2. The van der Waals surface area contributed by atoms with Crippen molar-refractivity contribution in [1.82, 2.24) is 0 Å². The number of benzene rings is 2. The molecule has 226 valence electrons. The second-order valence-corrected chi connectivity index (χ2v) is 18.4. The highest BCUT2D eigenvalue weighted by atomic mass is 16.3. The summed E-state index contributed by atoms with van der Waals surface area (Å²) in [5.74, 6) is 0.551. The van der Waals surface area contributed by atoms with Gasteiger partial charge in [-0.05, 0) is 56.5 Å². The van der Waals surface area contributed by atoms with Gasteiger partial charge in [0.2, 0.25) is 0 Å². The molecule has 0 saturated heterocycles. The molecule has 0 aliphatic carbocycles. The lowest BCUT2D eigenvalue weighted by Gasteiger charge is -2.37. The molecule has 0 aliphatic heterocycles. The minimum Gasteiger partial charge on any atom is -0.507 e. The Kier molecular flexibility index (Phi) is 9.16. The van der Waals surface area contributed by atoms with Crippen LogP contribution in [-0.4, -0.2) is 10.2 Å². The number of hydrogen-bond acceptors (Lipinski definition) is 2. The average Bonchev–Trinajstić information content (AvgIpc) is 2.68. The van der Waals surface area contributed by atoms with E-state index >= 15 is 0 Å². The normalized spacial score (nSPS) is 14.2. The van der Waals surface area contributed by atoms with Crippen LogP contribution in [0.4, 0.5) is 0 Å². The van der Waals surface area contributed by atoms with Crippen molar-refractivity contribution in [3.05, 3.63) is 57.6 Å². The molecular formula is C38H62O2. The van der Waals surface area contributed by atoms with Crippen molar-refractivity contribution in [2.75, 3.05) is 0 Å². The van der Waals surface area contributed by atoms with Crippen LogP contribution in [0.3, 0.4) is 0 Å². The molecule has 0 amide bonds. The third-order valence-electron chi connectivity index (χ3n) is 8.35. The highest BCUT2D eigenvalue weighted by Gasteiger charge is 2.36. The van der Waals surface area contributed by atoms with E-state index in [4.69, 9.17) is 0 Å². The number of phenols is 2. The molecule has 0 heterocycles. The van der Waals surface area contributed by atoms with Gasteiger partial charge in [0.15, 0.2) is 0 Å². The molecule has 0 unspecified atom stereocenters. The van der Waals surface area contributed by atoms with Crippen molar-refractivity contribution in [1.29, 1.82) is 0 Å². The molecule has 2 aromatic carbocycles. The van der Waals surface area contributed by atoms with E-state index in [0.29, 0.717) is 11.5 Å². The van der Waals surface area contributed by atoms with Crippen LogP contribution in [0.15, 0.2) is 24.3 Å². The molecule has 40 heavy (non-hydrogen) atoms. The molecule has 0 saturated carbocycles. The molecule has 0 bridgehead atoms. The first-order valence-corrected chi connectivity index (χ1v) is 15.3. The topological polar surface area (TPSA) is 40.5 Å². The summed E-state index contributed by atoms with van der Waals surface area (Å²) in [6, 6.07) is 8.81. The average molecular weight is 551 g/mol. The van der Waals surface area contributed by atoms with Gasteiger partial charge in [-0.2, -0.15) is 0 Å². The van der Waals surface area contributed by atoms with Crippen LogP contribution in [-0.2, 0) is 21.7 Å². The molecule has 0 radical (unpaired) electrons. The Labute approximate surface area is 248 Å². The van der Waals surface area contributed by atoms with Crippen molar-refractivity contribution in [3.63, 3.8) is 0 Å². The van der Waals surface area contributed by atoms with E-state index in [0.717, 1.165) is 35.1 Å². The van der Waals surface area contributed by atoms with E-state index in [1.54, 1.807) is 0 Å². The van der Waals surface area contributed by atoms with Crippen molar-refractivity contribution < 1.29 is 10.2 Å². The Morgan fingerprint density at radius 2 is 0.775 bits per heavy atom. The van der Waals surface area contributed by atoms with E-state index in [9.17, 15) is 10.2 Å². The van der Waals surface area contributed by atoms with Crippen LogP contribution in [0.5, 0.6) is 11.5 Å². The van der Waals surface area contributed by atoms with Gasteiger partial charge < -0.3 is 10.2 Å². The van der Waals surface area contributed by atoms with Crippen LogP contribution in [0, 0.1) is 10.8 Å². The fourth-order valence-corrected chi connectivity index (χ4v) is 6.88. The maximum atomic E-state index is 12.0. The first kappa shape index (κ1) is 34.2. The second kappa shape index (κ2) is 10.7. The summed E-state index contributed by atoms with van der Waals surface area (Å²) in [6.07, 6.45) is 1.90. The van der Waals surface area contributed by atoms with E-state index in [-0.39, 0.29) is 38.4 Å². The molecule has 0 spiro atoms. The van der Waals surface area contributed by atoms with E-state index in [1.807, 2.05) is 0 Å². The maximum absolute atomic E-state index is 12.0. The number of rotatable bonds is 6. The van der Waals surface area contributed by atoms with Gasteiger partial charge in [0.1, 0.15) is 11.5 Å². The molecule has 2 N–H and O–H groups in total. The van der Waals surface area contributed by atoms with Gasteiger partial charge in [0, 0.05) is 28.2 Å². The largest absolute Gasteiger partial charge is 0.507 e. The van der Waals surface area contributed by atoms with Gasteiger partial charge >= 0.3 is 0 Å². The monoisotopic (exact) mass is 550 g/mol. The van der Waals surface area contributed by atoms with Gasteiger partial charge in [-0.3, -0.25) is 0 Å². The molecule has 2 nitrogen and oxygen atoms in total. The molecule has 0 atom stereocenters. The fourth-order valence-electron chi connectivity index (χ4n) is 6.88. The summed E-state index contributed by atoms with van der Waals surface area (Å²) in [5.41, 5.74) is 5.85.